The van der Waals surface area contributed by atoms with Gasteiger partial charge in [0.15, 0.2) is 0 Å². The van der Waals surface area contributed by atoms with Crippen molar-refractivity contribution in [1.82, 2.24) is 9.80 Å². The van der Waals surface area contributed by atoms with E-state index in [1.165, 1.54) is 18.4 Å². The quantitative estimate of drug-likeness (QED) is 0.773. The van der Waals surface area contributed by atoms with Gasteiger partial charge in [0.25, 0.3) is 0 Å². The van der Waals surface area contributed by atoms with Crippen LogP contribution in [-0.4, -0.2) is 48.4 Å². The van der Waals surface area contributed by atoms with Gasteiger partial charge in [0.2, 0.25) is 5.91 Å². The van der Waals surface area contributed by atoms with Crippen LogP contribution < -0.4 is 0 Å². The molecule has 0 N–H and O–H groups in total. The molecule has 116 valence electrons. The first-order valence-corrected chi connectivity index (χ1v) is 8.09. The van der Waals surface area contributed by atoms with Gasteiger partial charge in [-0.1, -0.05) is 45.9 Å². The minimum absolute atomic E-state index is 0.205. The Morgan fingerprint density at radius 3 is 2.10 bits per heavy atom. The molecule has 20 heavy (non-hydrogen) atoms. The predicted octanol–water partition coefficient (Wildman–Crippen LogP) is 3.48. The van der Waals surface area contributed by atoms with Gasteiger partial charge in [-0.2, -0.15) is 0 Å². The molecular weight excluding hydrogens is 248 g/mol. The van der Waals surface area contributed by atoms with E-state index in [4.69, 9.17) is 0 Å². The van der Waals surface area contributed by atoms with Crippen molar-refractivity contribution < 1.29 is 4.79 Å². The zero-order valence-electron chi connectivity index (χ0n) is 14.0. The van der Waals surface area contributed by atoms with Crippen LogP contribution >= 0.6 is 0 Å². The fourth-order valence-corrected chi connectivity index (χ4v) is 2.26. The standard InChI is InChI=1S/C13H20N2O.2C2H6/c1-12(16)15-9-7-14(8-10-15)11-13-5-3-2-4-6-13;2*1-2/h3,5-6H,2,4,7-11H2,1H3;2*1-2H3. The molecule has 2 rings (SSSR count). The Balaban J connectivity index is 0.000000829. The SMILES string of the molecule is CC.CC.CC(=O)N1CCN(CC2=CCCC=C2)CC1. The molecule has 1 aliphatic heterocycles. The third kappa shape index (κ3) is 6.90. The summed E-state index contributed by atoms with van der Waals surface area (Å²) in [5.74, 6) is 0.205. The maximum absolute atomic E-state index is 11.2. The number of rotatable bonds is 2. The fourth-order valence-electron chi connectivity index (χ4n) is 2.26. The summed E-state index contributed by atoms with van der Waals surface area (Å²) >= 11 is 0. The number of carbonyl (C=O) groups excluding carboxylic acids is 1. The lowest BCUT2D eigenvalue weighted by Crippen LogP contribution is -2.48. The van der Waals surface area contributed by atoms with Crippen molar-refractivity contribution in [2.75, 3.05) is 32.7 Å². The van der Waals surface area contributed by atoms with Crippen molar-refractivity contribution >= 4 is 5.91 Å². The Morgan fingerprint density at radius 2 is 1.65 bits per heavy atom. The summed E-state index contributed by atoms with van der Waals surface area (Å²) in [6.07, 6.45) is 9.18. The molecule has 1 heterocycles. The maximum atomic E-state index is 11.2. The molecule has 0 spiro atoms. The van der Waals surface area contributed by atoms with Crippen LogP contribution in [-0.2, 0) is 4.79 Å². The number of nitrogens with zero attached hydrogens (tertiary/aromatic N) is 2. The number of allylic oxidation sites excluding steroid dienone is 2. The first-order chi connectivity index (χ1) is 9.75. The van der Waals surface area contributed by atoms with Gasteiger partial charge in [-0.25, -0.2) is 0 Å². The Bertz CT molecular complexity index is 313. The lowest BCUT2D eigenvalue weighted by atomic mass is 10.1. The normalized spacial score (nSPS) is 18.2. The highest BCUT2D eigenvalue weighted by Crippen LogP contribution is 2.12. The number of hydrogen-bond acceptors (Lipinski definition) is 2. The van der Waals surface area contributed by atoms with Crippen molar-refractivity contribution in [2.24, 2.45) is 0 Å². The third-order valence-corrected chi connectivity index (χ3v) is 3.30. The second kappa shape index (κ2) is 11.7. The van der Waals surface area contributed by atoms with Crippen LogP contribution in [0.5, 0.6) is 0 Å². The molecular formula is C17H32N2O. The largest absolute Gasteiger partial charge is 0.340 e. The smallest absolute Gasteiger partial charge is 0.219 e. The van der Waals surface area contributed by atoms with Gasteiger partial charge in [-0.05, 0) is 18.4 Å². The zero-order chi connectivity index (χ0) is 15.4. The van der Waals surface area contributed by atoms with Gasteiger partial charge in [-0.3, -0.25) is 9.69 Å². The first kappa shape index (κ1) is 18.9. The summed E-state index contributed by atoms with van der Waals surface area (Å²) in [6.45, 7) is 14.5. The van der Waals surface area contributed by atoms with Gasteiger partial charge in [-0.15, -0.1) is 0 Å². The van der Waals surface area contributed by atoms with E-state index in [1.807, 2.05) is 32.6 Å². The molecule has 0 aromatic carbocycles. The van der Waals surface area contributed by atoms with E-state index in [0.717, 1.165) is 32.7 Å². The Kier molecular flexibility index (Phi) is 11.1. The molecule has 0 radical (unpaired) electrons. The van der Waals surface area contributed by atoms with Crippen LogP contribution in [0.1, 0.15) is 47.5 Å². The molecule has 1 aliphatic carbocycles. The van der Waals surface area contributed by atoms with Gasteiger partial charge >= 0.3 is 0 Å². The lowest BCUT2D eigenvalue weighted by molar-refractivity contribution is -0.130. The van der Waals surface area contributed by atoms with Crippen LogP contribution in [0.2, 0.25) is 0 Å². The van der Waals surface area contributed by atoms with Gasteiger partial charge < -0.3 is 4.90 Å². The highest BCUT2D eigenvalue weighted by molar-refractivity contribution is 5.73. The summed E-state index contributed by atoms with van der Waals surface area (Å²) in [4.78, 5) is 15.5. The third-order valence-electron chi connectivity index (χ3n) is 3.30. The second-order valence-electron chi connectivity index (χ2n) is 4.54. The molecule has 0 bridgehead atoms. The van der Waals surface area contributed by atoms with Crippen molar-refractivity contribution in [3.63, 3.8) is 0 Å². The Labute approximate surface area is 125 Å². The Hall–Kier alpha value is -1.09. The topological polar surface area (TPSA) is 23.6 Å². The van der Waals surface area contributed by atoms with Gasteiger partial charge in [0.1, 0.15) is 0 Å². The molecule has 0 atom stereocenters. The summed E-state index contributed by atoms with van der Waals surface area (Å²) in [6, 6.07) is 0. The lowest BCUT2D eigenvalue weighted by Gasteiger charge is -2.34. The van der Waals surface area contributed by atoms with Crippen LogP contribution in [0.3, 0.4) is 0 Å². The number of carbonyl (C=O) groups is 1. The molecule has 1 amide bonds. The van der Waals surface area contributed by atoms with E-state index >= 15 is 0 Å². The molecule has 0 aromatic rings. The van der Waals surface area contributed by atoms with E-state index in [9.17, 15) is 4.79 Å². The first-order valence-electron chi connectivity index (χ1n) is 8.09. The van der Waals surface area contributed by atoms with Crippen molar-refractivity contribution in [3.8, 4) is 0 Å². The summed E-state index contributed by atoms with van der Waals surface area (Å²) in [5, 5.41) is 0. The molecule has 0 unspecified atom stereocenters. The monoisotopic (exact) mass is 280 g/mol. The fraction of sp³-hybridized carbons (Fsp3) is 0.706. The van der Waals surface area contributed by atoms with E-state index in [2.05, 4.69) is 23.1 Å². The van der Waals surface area contributed by atoms with Crippen molar-refractivity contribution in [3.05, 3.63) is 23.8 Å². The van der Waals surface area contributed by atoms with Gasteiger partial charge in [0.05, 0.1) is 0 Å². The number of hydrogen-bond donors (Lipinski definition) is 0. The molecule has 1 fully saturated rings. The molecule has 1 saturated heterocycles. The highest BCUT2D eigenvalue weighted by atomic mass is 16.2. The van der Waals surface area contributed by atoms with E-state index in [0.29, 0.717) is 0 Å². The van der Waals surface area contributed by atoms with E-state index in [-0.39, 0.29) is 5.91 Å². The summed E-state index contributed by atoms with van der Waals surface area (Å²) in [7, 11) is 0. The minimum atomic E-state index is 0.205. The average molecular weight is 280 g/mol. The number of amides is 1. The van der Waals surface area contributed by atoms with Crippen LogP contribution in [0, 0.1) is 0 Å². The Morgan fingerprint density at radius 1 is 1.05 bits per heavy atom. The van der Waals surface area contributed by atoms with Crippen molar-refractivity contribution in [2.45, 2.75) is 47.5 Å². The molecule has 3 heteroatoms. The average Bonchev–Trinajstić information content (AvgIpc) is 2.53. The zero-order valence-corrected chi connectivity index (χ0v) is 14.0. The molecule has 3 nitrogen and oxygen atoms in total. The van der Waals surface area contributed by atoms with E-state index in [1.54, 1.807) is 6.92 Å². The molecule has 0 saturated carbocycles. The van der Waals surface area contributed by atoms with Crippen LogP contribution in [0.4, 0.5) is 0 Å². The van der Waals surface area contributed by atoms with Gasteiger partial charge in [0, 0.05) is 39.6 Å². The van der Waals surface area contributed by atoms with Crippen LogP contribution in [0.15, 0.2) is 23.8 Å². The van der Waals surface area contributed by atoms with Crippen molar-refractivity contribution in [1.29, 1.82) is 0 Å². The molecule has 2 aliphatic rings. The summed E-state index contributed by atoms with van der Waals surface area (Å²) < 4.78 is 0. The van der Waals surface area contributed by atoms with Crippen LogP contribution in [0.25, 0.3) is 0 Å². The number of piperazine rings is 1. The summed E-state index contributed by atoms with van der Waals surface area (Å²) in [5.41, 5.74) is 1.43. The molecule has 0 aromatic heterocycles. The predicted molar refractivity (Wildman–Crippen MR) is 87.8 cm³/mol. The highest BCUT2D eigenvalue weighted by Gasteiger charge is 2.18. The van der Waals surface area contributed by atoms with E-state index < -0.39 is 0 Å². The second-order valence-corrected chi connectivity index (χ2v) is 4.54. The minimum Gasteiger partial charge on any atom is -0.340 e. The maximum Gasteiger partial charge on any atom is 0.219 e.